The van der Waals surface area contributed by atoms with E-state index in [0.717, 1.165) is 34.6 Å². The van der Waals surface area contributed by atoms with Crippen molar-refractivity contribution in [3.63, 3.8) is 0 Å². The summed E-state index contributed by atoms with van der Waals surface area (Å²) < 4.78 is 10.3. The zero-order valence-corrected chi connectivity index (χ0v) is 20.7. The second kappa shape index (κ2) is 10.7. The number of esters is 1. The molecular weight excluding hydrogens is 442 g/mol. The molecule has 0 radical (unpaired) electrons. The zero-order valence-electron chi connectivity index (χ0n) is 19.1. The van der Waals surface area contributed by atoms with Crippen LogP contribution in [0.4, 0.5) is 4.79 Å². The van der Waals surface area contributed by atoms with E-state index in [-0.39, 0.29) is 12.6 Å². The lowest BCUT2D eigenvalue weighted by atomic mass is 10.0. The van der Waals surface area contributed by atoms with Crippen LogP contribution in [-0.2, 0) is 20.9 Å². The van der Waals surface area contributed by atoms with E-state index >= 15 is 0 Å². The molecule has 1 N–H and O–H groups in total. The van der Waals surface area contributed by atoms with E-state index in [0.29, 0.717) is 0 Å². The Morgan fingerprint density at radius 3 is 2.25 bits per heavy atom. The first kappa shape index (κ1) is 24.5. The normalized spacial score (nSPS) is 16.6. The summed E-state index contributed by atoms with van der Waals surface area (Å²) in [5, 5.41) is 3.00. The second-order valence-electron chi connectivity index (χ2n) is 8.77. The van der Waals surface area contributed by atoms with Crippen molar-refractivity contribution in [2.45, 2.75) is 56.4 Å². The molecule has 0 spiro atoms. The molecule has 1 saturated heterocycles. The van der Waals surface area contributed by atoms with Gasteiger partial charge in [-0.15, -0.1) is 23.5 Å². The number of aryl methyl sites for hydroxylation is 1. The maximum atomic E-state index is 13.6. The molecule has 1 aliphatic heterocycles. The molecular formula is C25H31NO4S2. The van der Waals surface area contributed by atoms with E-state index in [1.54, 1.807) is 0 Å². The highest BCUT2D eigenvalue weighted by atomic mass is 32.2. The third-order valence-corrected chi connectivity index (χ3v) is 8.23. The Morgan fingerprint density at radius 1 is 1.03 bits per heavy atom. The number of carbonyl (C=O) groups is 2. The fourth-order valence-corrected chi connectivity index (χ4v) is 6.63. The highest BCUT2D eigenvalue weighted by Crippen LogP contribution is 2.51. The van der Waals surface area contributed by atoms with Gasteiger partial charge in [0.15, 0.2) is 4.08 Å². The predicted octanol–water partition coefficient (Wildman–Crippen LogP) is 5.87. The molecule has 1 atom stereocenters. The Kier molecular flexibility index (Phi) is 8.17. The fraction of sp³-hybridized carbons (Fsp3) is 0.440. The Labute approximate surface area is 199 Å². The van der Waals surface area contributed by atoms with E-state index in [4.69, 9.17) is 9.47 Å². The van der Waals surface area contributed by atoms with Crippen molar-refractivity contribution < 1.29 is 19.1 Å². The van der Waals surface area contributed by atoms with Crippen molar-refractivity contribution in [3.8, 4) is 0 Å². The molecule has 0 aromatic heterocycles. The number of ether oxygens (including phenoxy) is 2. The Balaban J connectivity index is 1.92. The van der Waals surface area contributed by atoms with E-state index in [1.165, 1.54) is 23.5 Å². The maximum Gasteiger partial charge on any atom is 0.408 e. The Hall–Kier alpha value is -2.12. The number of rotatable bonds is 6. The number of thioether (sulfide) groups is 2. The van der Waals surface area contributed by atoms with Crippen LogP contribution in [0.3, 0.4) is 0 Å². The van der Waals surface area contributed by atoms with Gasteiger partial charge in [0.2, 0.25) is 0 Å². The third kappa shape index (κ3) is 6.45. The molecule has 0 bridgehead atoms. The van der Waals surface area contributed by atoms with E-state index < -0.39 is 21.8 Å². The smallest absolute Gasteiger partial charge is 0.408 e. The monoisotopic (exact) mass is 473 g/mol. The van der Waals surface area contributed by atoms with Gasteiger partial charge in [0.25, 0.3) is 0 Å². The third-order valence-electron chi connectivity index (χ3n) is 4.87. The number of hydrogen-bond donors (Lipinski definition) is 1. The molecule has 0 unspecified atom stereocenters. The molecule has 0 saturated carbocycles. The van der Waals surface area contributed by atoms with Gasteiger partial charge in [0.05, 0.1) is 6.04 Å². The highest BCUT2D eigenvalue weighted by Gasteiger charge is 2.51. The van der Waals surface area contributed by atoms with Crippen molar-refractivity contribution in [1.82, 2.24) is 5.32 Å². The molecule has 7 heteroatoms. The largest absolute Gasteiger partial charge is 0.459 e. The van der Waals surface area contributed by atoms with Crippen LogP contribution in [0.25, 0.3) is 0 Å². The summed E-state index contributed by atoms with van der Waals surface area (Å²) in [6, 6.07) is 16.9. The van der Waals surface area contributed by atoms with Gasteiger partial charge in [0, 0.05) is 0 Å². The van der Waals surface area contributed by atoms with Gasteiger partial charge in [-0.05, 0) is 56.7 Å². The van der Waals surface area contributed by atoms with Crippen molar-refractivity contribution >= 4 is 35.6 Å². The van der Waals surface area contributed by atoms with Crippen LogP contribution in [-0.4, -0.2) is 33.2 Å². The second-order valence-corrected chi connectivity index (χ2v) is 11.7. The number of hydrogen-bond acceptors (Lipinski definition) is 6. The molecule has 2 aromatic rings. The fourth-order valence-electron chi connectivity index (χ4n) is 3.36. The molecule has 32 heavy (non-hydrogen) atoms. The van der Waals surface area contributed by atoms with Gasteiger partial charge >= 0.3 is 12.1 Å². The Bertz CT molecular complexity index is 904. The average molecular weight is 474 g/mol. The van der Waals surface area contributed by atoms with Gasteiger partial charge in [-0.2, -0.15) is 0 Å². The molecule has 2 aromatic carbocycles. The molecule has 1 heterocycles. The van der Waals surface area contributed by atoms with Crippen molar-refractivity contribution in [1.29, 1.82) is 0 Å². The summed E-state index contributed by atoms with van der Waals surface area (Å²) in [6.07, 6.45) is 0.445. The standard InChI is InChI=1S/C25H31NO4S2/c1-18-11-13-20(14-12-18)21(26-23(28)30-24(2,3)4)25(31-15-8-16-32-25)22(27)29-17-19-9-6-5-7-10-19/h5-7,9-14,21H,8,15-17H2,1-4H3,(H,26,28)/t21-/m0/s1. The first-order chi connectivity index (χ1) is 15.2. The van der Waals surface area contributed by atoms with Crippen LogP contribution >= 0.6 is 23.5 Å². The molecule has 5 nitrogen and oxygen atoms in total. The summed E-state index contributed by atoms with van der Waals surface area (Å²) in [5.41, 5.74) is 2.23. The number of benzene rings is 2. The van der Waals surface area contributed by atoms with Crippen LogP contribution in [0.1, 0.15) is 49.9 Å². The summed E-state index contributed by atoms with van der Waals surface area (Å²) in [7, 11) is 0. The van der Waals surface area contributed by atoms with Crippen molar-refractivity contribution in [3.05, 3.63) is 71.3 Å². The molecule has 3 rings (SSSR count). The lowest BCUT2D eigenvalue weighted by molar-refractivity contribution is -0.146. The lowest BCUT2D eigenvalue weighted by Crippen LogP contribution is -2.50. The summed E-state index contributed by atoms with van der Waals surface area (Å²) >= 11 is 3.08. The minimum Gasteiger partial charge on any atom is -0.459 e. The SMILES string of the molecule is Cc1ccc([C@H](NC(=O)OC(C)(C)C)C2(C(=O)OCc3ccccc3)SCCCS2)cc1. The molecule has 1 fully saturated rings. The molecule has 0 aliphatic carbocycles. The first-order valence-corrected chi connectivity index (χ1v) is 12.7. The average Bonchev–Trinajstić information content (AvgIpc) is 2.76. The number of alkyl carbamates (subject to hydrolysis) is 1. The van der Waals surface area contributed by atoms with E-state index in [2.05, 4.69) is 5.32 Å². The highest BCUT2D eigenvalue weighted by molar-refractivity contribution is 8.20. The zero-order chi connectivity index (χ0) is 23.2. The Morgan fingerprint density at radius 2 is 1.66 bits per heavy atom. The van der Waals surface area contributed by atoms with Gasteiger partial charge in [-0.3, -0.25) is 0 Å². The number of amides is 1. The summed E-state index contributed by atoms with van der Waals surface area (Å²) in [5.74, 6) is 1.29. The van der Waals surface area contributed by atoms with Gasteiger partial charge in [-0.1, -0.05) is 60.2 Å². The molecule has 1 amide bonds. The van der Waals surface area contributed by atoms with Crippen molar-refractivity contribution in [2.24, 2.45) is 0 Å². The van der Waals surface area contributed by atoms with Gasteiger partial charge in [-0.25, -0.2) is 9.59 Å². The maximum absolute atomic E-state index is 13.6. The molecule has 1 aliphatic rings. The molecule has 172 valence electrons. The predicted molar refractivity (Wildman–Crippen MR) is 132 cm³/mol. The van der Waals surface area contributed by atoms with E-state index in [9.17, 15) is 9.59 Å². The van der Waals surface area contributed by atoms with Gasteiger partial charge < -0.3 is 14.8 Å². The van der Waals surface area contributed by atoms with Crippen LogP contribution in [0.2, 0.25) is 0 Å². The van der Waals surface area contributed by atoms with Gasteiger partial charge in [0.1, 0.15) is 12.2 Å². The summed E-state index contributed by atoms with van der Waals surface area (Å²) in [6.45, 7) is 7.66. The van der Waals surface area contributed by atoms with Crippen LogP contribution in [0.5, 0.6) is 0 Å². The number of carbonyl (C=O) groups excluding carboxylic acids is 2. The topological polar surface area (TPSA) is 64.6 Å². The lowest BCUT2D eigenvalue weighted by Gasteiger charge is -2.40. The van der Waals surface area contributed by atoms with Crippen LogP contribution in [0.15, 0.2) is 54.6 Å². The quantitative estimate of drug-likeness (QED) is 0.529. The first-order valence-electron chi connectivity index (χ1n) is 10.7. The summed E-state index contributed by atoms with van der Waals surface area (Å²) in [4.78, 5) is 26.4. The van der Waals surface area contributed by atoms with E-state index in [1.807, 2.05) is 82.3 Å². The minimum atomic E-state index is -1.00. The minimum absolute atomic E-state index is 0.190. The van der Waals surface area contributed by atoms with Crippen molar-refractivity contribution in [2.75, 3.05) is 11.5 Å². The van der Waals surface area contributed by atoms with Crippen LogP contribution in [0, 0.1) is 6.92 Å². The van der Waals surface area contributed by atoms with Crippen LogP contribution < -0.4 is 5.32 Å². The number of nitrogens with one attached hydrogen (secondary N) is 1.